The van der Waals surface area contributed by atoms with Crippen LogP contribution < -0.4 is 4.74 Å². The molecule has 0 N–H and O–H groups in total. The van der Waals surface area contributed by atoms with Gasteiger partial charge in [0.25, 0.3) is 0 Å². The van der Waals surface area contributed by atoms with Gasteiger partial charge in [0, 0.05) is 44.9 Å². The van der Waals surface area contributed by atoms with Gasteiger partial charge in [-0.1, -0.05) is 107 Å². The molecule has 1 unspecified atom stereocenters. The summed E-state index contributed by atoms with van der Waals surface area (Å²) in [4.78, 5) is 13.9. The molecule has 1 aliphatic carbocycles. The Balaban J connectivity index is 0.000000932. The Labute approximate surface area is 277 Å². The third kappa shape index (κ3) is 5.24. The van der Waals surface area contributed by atoms with Gasteiger partial charge in [0.2, 0.25) is 0 Å². The number of aromatic nitrogens is 2. The average Bonchev–Trinajstić information content (AvgIpc) is 3.54. The van der Waals surface area contributed by atoms with Crippen LogP contribution in [0.4, 0.5) is 0 Å². The van der Waals surface area contributed by atoms with Gasteiger partial charge in [0.05, 0.1) is 28.0 Å². The molecule has 0 saturated heterocycles. The summed E-state index contributed by atoms with van der Waals surface area (Å²) in [6.45, 7) is 12.2. The highest BCUT2D eigenvalue weighted by Crippen LogP contribution is 2.40. The molecule has 236 valence electrons. The first kappa shape index (κ1) is 31.6. The molecule has 0 spiro atoms. The zero-order valence-electron chi connectivity index (χ0n) is 28.1. The largest absolute Gasteiger partial charge is 0.460 e. The Bertz CT molecular complexity index is 2180. The van der Waals surface area contributed by atoms with Crippen LogP contribution >= 0.6 is 0 Å². The highest BCUT2D eigenvalue weighted by molar-refractivity contribution is 6.11. The summed E-state index contributed by atoms with van der Waals surface area (Å²) in [5.41, 5.74) is 8.45. The average molecular weight is 619 g/mol. The maximum absolute atomic E-state index is 13.9. The van der Waals surface area contributed by atoms with Gasteiger partial charge in [0.1, 0.15) is 11.5 Å². The second-order valence-electron chi connectivity index (χ2n) is 11.1. The van der Waals surface area contributed by atoms with Gasteiger partial charge in [0.15, 0.2) is 5.78 Å². The second kappa shape index (κ2) is 13.6. The first-order valence-electron chi connectivity index (χ1n) is 16.9. The second-order valence-corrected chi connectivity index (χ2v) is 11.1. The summed E-state index contributed by atoms with van der Waals surface area (Å²) >= 11 is 0. The van der Waals surface area contributed by atoms with Crippen molar-refractivity contribution in [3.8, 4) is 11.4 Å². The Morgan fingerprint density at radius 1 is 0.745 bits per heavy atom. The van der Waals surface area contributed by atoms with Crippen molar-refractivity contribution in [2.45, 2.75) is 48.0 Å². The smallest absolute Gasteiger partial charge is 0.181 e. The van der Waals surface area contributed by atoms with E-state index in [0.29, 0.717) is 17.1 Å². The van der Waals surface area contributed by atoms with Gasteiger partial charge < -0.3 is 13.9 Å². The van der Waals surface area contributed by atoms with Gasteiger partial charge in [-0.2, -0.15) is 0 Å². The number of hydrogen-bond donors (Lipinski definition) is 0. The van der Waals surface area contributed by atoms with Crippen LogP contribution in [-0.2, 0) is 6.42 Å². The molecule has 1 aliphatic heterocycles. The lowest BCUT2D eigenvalue weighted by Gasteiger charge is -2.25. The maximum Gasteiger partial charge on any atom is 0.181 e. The molecule has 47 heavy (non-hydrogen) atoms. The molecule has 6 aromatic rings. The predicted molar refractivity (Wildman–Crippen MR) is 199 cm³/mol. The molecule has 4 heteroatoms. The number of benzene rings is 4. The van der Waals surface area contributed by atoms with E-state index in [1.807, 2.05) is 58.0 Å². The van der Waals surface area contributed by atoms with Crippen molar-refractivity contribution in [1.29, 1.82) is 0 Å². The molecule has 4 aromatic carbocycles. The summed E-state index contributed by atoms with van der Waals surface area (Å²) in [6.07, 6.45) is 13.2. The fourth-order valence-corrected chi connectivity index (χ4v) is 6.83. The number of para-hydroxylation sites is 3. The van der Waals surface area contributed by atoms with Crippen LogP contribution in [0.5, 0.6) is 5.75 Å². The third-order valence-electron chi connectivity index (χ3n) is 8.71. The highest BCUT2D eigenvalue weighted by atomic mass is 16.5. The first-order valence-corrected chi connectivity index (χ1v) is 16.9. The summed E-state index contributed by atoms with van der Waals surface area (Å²) in [7, 11) is 0. The van der Waals surface area contributed by atoms with E-state index in [2.05, 4.69) is 120 Å². The van der Waals surface area contributed by atoms with Crippen molar-refractivity contribution in [3.05, 3.63) is 144 Å². The number of hydrogen-bond acceptors (Lipinski definition) is 2. The fourth-order valence-electron chi connectivity index (χ4n) is 6.83. The molecule has 0 fully saturated rings. The van der Waals surface area contributed by atoms with E-state index in [9.17, 15) is 4.79 Å². The minimum Gasteiger partial charge on any atom is -0.460 e. The lowest BCUT2D eigenvalue weighted by molar-refractivity contribution is 0.0921. The molecule has 0 radical (unpaired) electrons. The normalized spacial score (nSPS) is 15.2. The number of ether oxygens (including phenoxy) is 1. The predicted octanol–water partition coefficient (Wildman–Crippen LogP) is 11.6. The van der Waals surface area contributed by atoms with Gasteiger partial charge in [-0.25, -0.2) is 0 Å². The SMILES string of the molecule is C/C=C\c1c(CC)n(-c2ccc3c(c2)OC2=CC=C(n4c5ccccc5c5ccccc54)C=CC2C3=O)c2ccccc12.CC.CC. The number of nitrogens with zero attached hydrogens (tertiary/aromatic N) is 2. The van der Waals surface area contributed by atoms with Gasteiger partial charge >= 0.3 is 0 Å². The maximum atomic E-state index is 13.9. The van der Waals surface area contributed by atoms with E-state index in [1.165, 1.54) is 27.4 Å². The van der Waals surface area contributed by atoms with E-state index in [0.717, 1.165) is 34.4 Å². The van der Waals surface area contributed by atoms with Crippen molar-refractivity contribution >= 4 is 50.3 Å². The molecule has 3 heterocycles. The molecule has 8 rings (SSSR count). The summed E-state index contributed by atoms with van der Waals surface area (Å²) in [5.74, 6) is 0.818. The van der Waals surface area contributed by atoms with E-state index in [4.69, 9.17) is 4.74 Å². The van der Waals surface area contributed by atoms with Crippen LogP contribution in [-0.4, -0.2) is 14.9 Å². The van der Waals surface area contributed by atoms with Crippen LogP contribution in [0, 0.1) is 5.92 Å². The number of Topliss-reactive ketones (excluding diaryl/α,β-unsaturated/α-hetero) is 1. The Kier molecular flexibility index (Phi) is 9.12. The molecule has 2 aromatic heterocycles. The van der Waals surface area contributed by atoms with E-state index < -0.39 is 5.92 Å². The van der Waals surface area contributed by atoms with Crippen LogP contribution in [0.1, 0.15) is 63.2 Å². The van der Waals surface area contributed by atoms with Crippen LogP contribution in [0.2, 0.25) is 0 Å². The lowest BCUT2D eigenvalue weighted by Crippen LogP contribution is -2.24. The molecular weight excluding hydrogens is 576 g/mol. The molecule has 0 saturated carbocycles. The van der Waals surface area contributed by atoms with E-state index >= 15 is 0 Å². The first-order chi connectivity index (χ1) is 23.2. The molecular formula is C43H42N2O2. The van der Waals surface area contributed by atoms with Gasteiger partial charge in [-0.3, -0.25) is 4.79 Å². The molecule has 4 nitrogen and oxygen atoms in total. The highest BCUT2D eigenvalue weighted by Gasteiger charge is 2.33. The van der Waals surface area contributed by atoms with Crippen LogP contribution in [0.3, 0.4) is 0 Å². The third-order valence-corrected chi connectivity index (χ3v) is 8.71. The Hall–Kier alpha value is -5.35. The topological polar surface area (TPSA) is 36.2 Å². The van der Waals surface area contributed by atoms with Crippen molar-refractivity contribution in [1.82, 2.24) is 9.13 Å². The van der Waals surface area contributed by atoms with Crippen molar-refractivity contribution in [2.75, 3.05) is 0 Å². The lowest BCUT2D eigenvalue weighted by atomic mass is 9.92. The van der Waals surface area contributed by atoms with E-state index in [-0.39, 0.29) is 5.78 Å². The monoisotopic (exact) mass is 618 g/mol. The van der Waals surface area contributed by atoms with Crippen LogP contribution in [0.25, 0.3) is 50.2 Å². The minimum atomic E-state index is -0.472. The number of rotatable bonds is 4. The molecule has 1 atom stereocenters. The summed E-state index contributed by atoms with van der Waals surface area (Å²) in [5, 5.41) is 3.62. The Morgan fingerprint density at radius 3 is 1.96 bits per heavy atom. The zero-order valence-corrected chi connectivity index (χ0v) is 28.1. The molecule has 2 aliphatic rings. The zero-order chi connectivity index (χ0) is 33.1. The number of fused-ring (bicyclic) bond motifs is 6. The number of ketones is 1. The summed E-state index contributed by atoms with van der Waals surface area (Å²) in [6, 6.07) is 31.4. The van der Waals surface area contributed by atoms with Crippen molar-refractivity contribution in [3.63, 3.8) is 0 Å². The van der Waals surface area contributed by atoms with E-state index in [1.54, 1.807) is 0 Å². The standard InChI is InChI=1S/C39H30N2O2.2C2H6/c1-3-11-27-28-12-5-10-17-36(28)41(33(27)4-2)26-19-22-32-38(24-26)43-37-23-20-25(18-21-31(37)39(32)42)40-34-15-8-6-13-29(34)30-14-7-9-16-35(30)40;2*1-2/h3,5-24,31H,4H2,1-2H3;2*1-2H3/b11-3-;;. The van der Waals surface area contributed by atoms with Gasteiger partial charge in [-0.05, 0) is 61.9 Å². The number of carbonyl (C=O) groups excluding carboxylic acids is 1. The molecule has 0 amide bonds. The number of allylic oxidation sites excluding steroid dienone is 6. The Morgan fingerprint density at radius 2 is 1.34 bits per heavy atom. The van der Waals surface area contributed by atoms with Crippen molar-refractivity contribution in [2.24, 2.45) is 5.92 Å². The van der Waals surface area contributed by atoms with Gasteiger partial charge in [-0.15, -0.1) is 0 Å². The fraction of sp³-hybridized carbons (Fsp3) is 0.186. The number of carbonyl (C=O) groups is 1. The van der Waals surface area contributed by atoms with Crippen molar-refractivity contribution < 1.29 is 9.53 Å². The quantitative estimate of drug-likeness (QED) is 0.197. The summed E-state index contributed by atoms with van der Waals surface area (Å²) < 4.78 is 11.1. The van der Waals surface area contributed by atoms with Crippen LogP contribution in [0.15, 0.2) is 127 Å². The minimum absolute atomic E-state index is 0.0508. The molecule has 0 bridgehead atoms.